The second kappa shape index (κ2) is 9.59. The van der Waals surface area contributed by atoms with E-state index >= 15 is 0 Å². The summed E-state index contributed by atoms with van der Waals surface area (Å²) in [5.74, 6) is 2.77. The fourth-order valence-corrected chi connectivity index (χ4v) is 9.19. The van der Waals surface area contributed by atoms with Gasteiger partial charge in [0.25, 0.3) is 0 Å². The molecule has 5 heterocycles. The minimum atomic E-state index is -0.909. The Morgan fingerprint density at radius 3 is 2.70 bits per heavy atom. The molecule has 2 bridgehead atoms. The van der Waals surface area contributed by atoms with Crippen LogP contribution in [-0.4, -0.2) is 71.0 Å². The molecular formula is C28H37N5O2S2. The molecule has 0 aromatic carbocycles. The molecule has 0 amide bonds. The zero-order chi connectivity index (χ0) is 26.0. The van der Waals surface area contributed by atoms with Gasteiger partial charge in [0, 0.05) is 63.5 Å². The number of nitrogens with one attached hydrogen (secondary N) is 1. The molecule has 0 spiro atoms. The number of aliphatic hydroxyl groups is 1. The molecule has 2 aliphatic rings. The van der Waals surface area contributed by atoms with Crippen LogP contribution in [0, 0.1) is 26.7 Å². The lowest BCUT2D eigenvalue weighted by molar-refractivity contribution is 0.211. The summed E-state index contributed by atoms with van der Waals surface area (Å²) in [7, 11) is -0.909. The van der Waals surface area contributed by atoms with Crippen LogP contribution in [-0.2, 0) is 10.8 Å². The zero-order valence-electron chi connectivity index (χ0n) is 22.4. The lowest BCUT2D eigenvalue weighted by atomic mass is 9.88. The first-order valence-electron chi connectivity index (χ1n) is 13.4. The Bertz CT molecular complexity index is 1500. The fourth-order valence-electron chi connectivity index (χ4n) is 6.91. The number of aliphatic hydroxyl groups excluding tert-OH is 1. The Morgan fingerprint density at radius 2 is 2.00 bits per heavy atom. The number of rotatable bonds is 8. The molecule has 1 aliphatic heterocycles. The molecule has 1 saturated heterocycles. The molecule has 4 atom stereocenters. The van der Waals surface area contributed by atoms with E-state index in [-0.39, 0.29) is 6.61 Å². The van der Waals surface area contributed by atoms with Gasteiger partial charge in [-0.3, -0.25) is 9.11 Å². The Kier molecular flexibility index (Phi) is 6.54. The molecule has 4 aromatic rings. The molecule has 1 saturated carbocycles. The minimum absolute atomic E-state index is 0.0137. The molecule has 0 radical (unpaired) electrons. The van der Waals surface area contributed by atoms with Gasteiger partial charge >= 0.3 is 0 Å². The highest BCUT2D eigenvalue weighted by Crippen LogP contribution is 2.53. The normalized spacial score (nSPS) is 22.8. The predicted molar refractivity (Wildman–Crippen MR) is 152 cm³/mol. The topological polar surface area (TPSA) is 86.5 Å². The highest BCUT2D eigenvalue weighted by atomic mass is 32.2. The van der Waals surface area contributed by atoms with Crippen LogP contribution in [0.15, 0.2) is 12.5 Å². The smallest absolute Gasteiger partial charge is 0.158 e. The van der Waals surface area contributed by atoms with Crippen molar-refractivity contribution in [3.63, 3.8) is 0 Å². The lowest BCUT2D eigenvalue weighted by Crippen LogP contribution is -2.37. The first-order valence-corrected chi connectivity index (χ1v) is 15.7. The molecule has 9 heteroatoms. The Labute approximate surface area is 224 Å². The number of pyridine rings is 1. The maximum absolute atomic E-state index is 12.0. The molecule has 7 nitrogen and oxygen atoms in total. The second-order valence-electron chi connectivity index (χ2n) is 11.2. The number of thiophene rings is 1. The molecule has 4 aromatic heterocycles. The average Bonchev–Trinajstić information content (AvgIpc) is 3.67. The third-order valence-corrected chi connectivity index (χ3v) is 11.5. The molecule has 198 valence electrons. The second-order valence-corrected chi connectivity index (χ2v) is 14.0. The van der Waals surface area contributed by atoms with Gasteiger partial charge < -0.3 is 10.1 Å². The van der Waals surface area contributed by atoms with Crippen LogP contribution in [0.2, 0.25) is 0 Å². The molecule has 37 heavy (non-hydrogen) atoms. The number of aromatic amines is 1. The van der Waals surface area contributed by atoms with Crippen molar-refractivity contribution in [3.05, 3.63) is 39.7 Å². The van der Waals surface area contributed by atoms with Crippen LogP contribution >= 0.6 is 11.3 Å². The monoisotopic (exact) mass is 539 g/mol. The summed E-state index contributed by atoms with van der Waals surface area (Å²) in [5, 5.41) is 14.9. The van der Waals surface area contributed by atoms with Crippen molar-refractivity contribution in [2.45, 2.75) is 65.3 Å². The number of aryl methyl sites for hydroxylation is 2. The maximum Gasteiger partial charge on any atom is 0.158 e. The van der Waals surface area contributed by atoms with Gasteiger partial charge in [-0.2, -0.15) is 5.10 Å². The molecule has 2 N–H and O–H groups in total. The summed E-state index contributed by atoms with van der Waals surface area (Å²) in [6, 6.07) is 0.598. The maximum atomic E-state index is 12.0. The number of piperidine rings is 1. The van der Waals surface area contributed by atoms with Crippen LogP contribution in [0.3, 0.4) is 0 Å². The molecule has 1 aliphatic carbocycles. The van der Waals surface area contributed by atoms with Crippen molar-refractivity contribution in [1.82, 2.24) is 24.5 Å². The van der Waals surface area contributed by atoms with Crippen molar-refractivity contribution in [1.29, 1.82) is 0 Å². The number of aromatic nitrogens is 4. The van der Waals surface area contributed by atoms with E-state index in [1.165, 1.54) is 56.6 Å². The van der Waals surface area contributed by atoms with Crippen LogP contribution < -0.4 is 0 Å². The molecule has 2 fully saturated rings. The van der Waals surface area contributed by atoms with Crippen LogP contribution in [0.1, 0.15) is 65.7 Å². The van der Waals surface area contributed by atoms with E-state index < -0.39 is 10.8 Å². The summed E-state index contributed by atoms with van der Waals surface area (Å²) in [5.41, 5.74) is 8.64. The Hall–Kier alpha value is -2.07. The fraction of sp³-hybridized carbons (Fsp3) is 0.571. The third-order valence-electron chi connectivity index (χ3n) is 8.85. The van der Waals surface area contributed by atoms with Gasteiger partial charge in [0.2, 0.25) is 0 Å². The van der Waals surface area contributed by atoms with Crippen LogP contribution in [0.5, 0.6) is 0 Å². The van der Waals surface area contributed by atoms with E-state index in [0.29, 0.717) is 35.3 Å². The summed E-state index contributed by atoms with van der Waals surface area (Å²) in [6.07, 6.45) is 6.21. The Morgan fingerprint density at radius 1 is 1.19 bits per heavy atom. The number of fused-ring (bicyclic) bond motifs is 4. The number of nitrogens with zero attached hydrogens (tertiary/aromatic N) is 4. The van der Waals surface area contributed by atoms with E-state index in [2.05, 4.69) is 60.8 Å². The van der Waals surface area contributed by atoms with Gasteiger partial charge in [-0.15, -0.1) is 11.3 Å². The van der Waals surface area contributed by atoms with E-state index in [0.717, 1.165) is 18.7 Å². The summed E-state index contributed by atoms with van der Waals surface area (Å²) >= 11 is 1.96. The van der Waals surface area contributed by atoms with Crippen molar-refractivity contribution in [3.8, 4) is 11.3 Å². The summed E-state index contributed by atoms with van der Waals surface area (Å²) in [6.45, 7) is 13.3. The van der Waals surface area contributed by atoms with Gasteiger partial charge in [0.05, 0.1) is 12.3 Å². The van der Waals surface area contributed by atoms with Crippen LogP contribution in [0.4, 0.5) is 0 Å². The van der Waals surface area contributed by atoms with E-state index in [9.17, 15) is 4.21 Å². The highest BCUT2D eigenvalue weighted by molar-refractivity contribution is 7.85. The van der Waals surface area contributed by atoms with Gasteiger partial charge in [-0.25, -0.2) is 9.50 Å². The number of hydrogen-bond acceptors (Lipinski definition) is 6. The summed E-state index contributed by atoms with van der Waals surface area (Å²) < 4.78 is 13.9. The van der Waals surface area contributed by atoms with Crippen molar-refractivity contribution in [2.24, 2.45) is 5.92 Å². The lowest BCUT2D eigenvalue weighted by Gasteiger charge is -2.31. The minimum Gasteiger partial charge on any atom is -0.395 e. The average molecular weight is 540 g/mol. The number of H-pyrrole nitrogens is 1. The van der Waals surface area contributed by atoms with Crippen LogP contribution in [0.25, 0.3) is 27.1 Å². The molecule has 6 rings (SSSR count). The third kappa shape index (κ3) is 4.09. The van der Waals surface area contributed by atoms with Crippen molar-refractivity contribution >= 4 is 38.0 Å². The van der Waals surface area contributed by atoms with E-state index in [1.807, 2.05) is 15.9 Å². The molecule has 4 unspecified atom stereocenters. The first kappa shape index (κ1) is 25.2. The van der Waals surface area contributed by atoms with E-state index in [1.54, 1.807) is 11.2 Å². The summed E-state index contributed by atoms with van der Waals surface area (Å²) in [4.78, 5) is 13.7. The highest BCUT2D eigenvalue weighted by Gasteiger charge is 2.46. The van der Waals surface area contributed by atoms with Gasteiger partial charge in [-0.1, -0.05) is 13.8 Å². The van der Waals surface area contributed by atoms with E-state index in [4.69, 9.17) is 5.11 Å². The van der Waals surface area contributed by atoms with Crippen molar-refractivity contribution in [2.75, 3.05) is 31.2 Å². The zero-order valence-corrected chi connectivity index (χ0v) is 24.0. The largest absolute Gasteiger partial charge is 0.395 e. The number of hydrogen-bond donors (Lipinski definition) is 2. The number of likely N-dealkylation sites (tertiary alicyclic amines) is 1. The van der Waals surface area contributed by atoms with Gasteiger partial charge in [0.15, 0.2) is 5.65 Å². The Balaban J connectivity index is 1.32. The SMILES string of the molecule is Cc1c(-c2[nH]c3sc(C4CC5CC4CN5CCS(=O)CCO)c(C)c3c2C(C)C)cn2ncnc2c1C. The predicted octanol–water partition coefficient (Wildman–Crippen LogP) is 4.91. The molecular weight excluding hydrogens is 502 g/mol. The van der Waals surface area contributed by atoms with Gasteiger partial charge in [-0.05, 0) is 73.6 Å². The van der Waals surface area contributed by atoms with Gasteiger partial charge in [0.1, 0.15) is 11.2 Å². The standard InChI is InChI=1S/C28H37N5O2S2/c1-15(2)23-24-18(5)26(21-11-20-10-19(21)12-32(20)6-8-37(35)9-7-34)36-28(24)31-25(23)22-13-33-27(29-14-30-33)17(4)16(22)3/h13-15,19-21,31,34H,6-12H2,1-5H3. The first-order chi connectivity index (χ1) is 17.8. The van der Waals surface area contributed by atoms with Crippen molar-refractivity contribution < 1.29 is 9.32 Å². The quantitative estimate of drug-likeness (QED) is 0.332.